The fourth-order valence-electron chi connectivity index (χ4n) is 2.38. The van der Waals surface area contributed by atoms with Crippen molar-refractivity contribution in [3.05, 3.63) is 59.7 Å². The normalized spacial score (nSPS) is 11.4. The zero-order valence-corrected chi connectivity index (χ0v) is 15.3. The first-order valence-electron chi connectivity index (χ1n) is 7.89. The summed E-state index contributed by atoms with van der Waals surface area (Å²) in [5, 5.41) is 2.56. The Morgan fingerprint density at radius 2 is 1.84 bits per heavy atom. The summed E-state index contributed by atoms with van der Waals surface area (Å²) in [5.74, 6) is 0.322. The minimum Gasteiger partial charge on any atom is -0.494 e. The van der Waals surface area contributed by atoms with Gasteiger partial charge in [-0.2, -0.15) is 4.31 Å². The maximum absolute atomic E-state index is 12.7. The van der Waals surface area contributed by atoms with Crippen LogP contribution in [0.3, 0.4) is 0 Å². The van der Waals surface area contributed by atoms with Gasteiger partial charge in [0.15, 0.2) is 0 Å². The molecular formula is C18H22N2O4S. The van der Waals surface area contributed by atoms with E-state index in [0.717, 1.165) is 0 Å². The number of carbonyl (C=O) groups excluding carboxylic acids is 1. The lowest BCUT2D eigenvalue weighted by atomic mass is 10.1. The predicted molar refractivity (Wildman–Crippen MR) is 96.1 cm³/mol. The Hall–Kier alpha value is -2.38. The van der Waals surface area contributed by atoms with Crippen LogP contribution in [0.25, 0.3) is 0 Å². The van der Waals surface area contributed by atoms with Crippen LogP contribution in [0.1, 0.15) is 22.8 Å². The first kappa shape index (κ1) is 19.0. The summed E-state index contributed by atoms with van der Waals surface area (Å²) in [6.07, 6.45) is 0. The number of nitrogens with zero attached hydrogens (tertiary/aromatic N) is 1. The molecular weight excluding hydrogens is 340 g/mol. The van der Waals surface area contributed by atoms with E-state index in [1.165, 1.54) is 11.4 Å². The highest BCUT2D eigenvalue weighted by Crippen LogP contribution is 2.24. The largest absolute Gasteiger partial charge is 0.494 e. The van der Waals surface area contributed by atoms with Gasteiger partial charge in [0.1, 0.15) is 5.75 Å². The highest BCUT2D eigenvalue weighted by molar-refractivity contribution is 7.89. The van der Waals surface area contributed by atoms with Gasteiger partial charge in [-0.15, -0.1) is 0 Å². The molecule has 1 amide bonds. The van der Waals surface area contributed by atoms with E-state index in [9.17, 15) is 13.2 Å². The van der Waals surface area contributed by atoms with Gasteiger partial charge in [0.05, 0.1) is 11.5 Å². The molecule has 0 bridgehead atoms. The summed E-state index contributed by atoms with van der Waals surface area (Å²) >= 11 is 0. The summed E-state index contributed by atoms with van der Waals surface area (Å²) < 4.78 is 32.2. The van der Waals surface area contributed by atoms with Crippen LogP contribution in [0.15, 0.2) is 53.4 Å². The van der Waals surface area contributed by atoms with Crippen molar-refractivity contribution >= 4 is 15.9 Å². The molecule has 0 aliphatic rings. The standard InChI is InChI=1S/C18H22N2O4S/c1-4-24-17-11-10-14(18(21)19-2)12-15(17)13-20(3)25(22,23)16-8-6-5-7-9-16/h5-12H,4,13H2,1-3H3,(H,19,21). The molecule has 0 unspecified atom stereocenters. The molecule has 0 aliphatic carbocycles. The second-order valence-electron chi connectivity index (χ2n) is 5.41. The molecule has 2 aromatic rings. The highest BCUT2D eigenvalue weighted by atomic mass is 32.2. The molecule has 1 N–H and O–H groups in total. The summed E-state index contributed by atoms with van der Waals surface area (Å²) in [7, 11) is -0.580. The predicted octanol–water partition coefficient (Wildman–Crippen LogP) is 2.27. The van der Waals surface area contributed by atoms with E-state index in [-0.39, 0.29) is 17.3 Å². The van der Waals surface area contributed by atoms with E-state index in [0.29, 0.717) is 23.5 Å². The Balaban J connectivity index is 2.35. The summed E-state index contributed by atoms with van der Waals surface area (Å²) in [4.78, 5) is 12.1. The average molecular weight is 362 g/mol. The van der Waals surface area contributed by atoms with Crippen molar-refractivity contribution in [1.29, 1.82) is 0 Å². The molecule has 0 saturated heterocycles. The molecule has 0 saturated carbocycles. The van der Waals surface area contributed by atoms with Gasteiger partial charge in [0.25, 0.3) is 5.91 Å². The molecule has 2 rings (SSSR count). The van der Waals surface area contributed by atoms with E-state index in [4.69, 9.17) is 4.74 Å². The van der Waals surface area contributed by atoms with Crippen LogP contribution in [0.2, 0.25) is 0 Å². The van der Waals surface area contributed by atoms with Crippen molar-refractivity contribution in [2.24, 2.45) is 0 Å². The van der Waals surface area contributed by atoms with Crippen LogP contribution in [-0.4, -0.2) is 39.3 Å². The molecule has 0 spiro atoms. The second-order valence-corrected chi connectivity index (χ2v) is 7.45. The van der Waals surface area contributed by atoms with Crippen molar-refractivity contribution < 1.29 is 17.9 Å². The van der Waals surface area contributed by atoms with Gasteiger partial charge >= 0.3 is 0 Å². The van der Waals surface area contributed by atoms with E-state index in [1.54, 1.807) is 55.6 Å². The average Bonchev–Trinajstić information content (AvgIpc) is 2.63. The monoisotopic (exact) mass is 362 g/mol. The number of rotatable bonds is 7. The maximum Gasteiger partial charge on any atom is 0.251 e. The van der Waals surface area contributed by atoms with E-state index in [2.05, 4.69) is 5.32 Å². The Labute approximate surface area is 148 Å². The van der Waals surface area contributed by atoms with Crippen LogP contribution >= 0.6 is 0 Å². The number of hydrogen-bond acceptors (Lipinski definition) is 4. The molecule has 0 fully saturated rings. The van der Waals surface area contributed by atoms with Gasteiger partial charge in [-0.25, -0.2) is 8.42 Å². The SMILES string of the molecule is CCOc1ccc(C(=O)NC)cc1CN(C)S(=O)(=O)c1ccccc1. The quantitative estimate of drug-likeness (QED) is 0.820. The first-order valence-corrected chi connectivity index (χ1v) is 9.33. The zero-order valence-electron chi connectivity index (χ0n) is 14.5. The third-order valence-electron chi connectivity index (χ3n) is 3.69. The third kappa shape index (κ3) is 4.37. The molecule has 25 heavy (non-hydrogen) atoms. The molecule has 6 nitrogen and oxygen atoms in total. The lowest BCUT2D eigenvalue weighted by molar-refractivity contribution is 0.0963. The maximum atomic E-state index is 12.7. The number of ether oxygens (including phenoxy) is 1. The van der Waals surface area contributed by atoms with E-state index < -0.39 is 10.0 Å². The van der Waals surface area contributed by atoms with E-state index in [1.807, 2.05) is 6.92 Å². The second kappa shape index (κ2) is 8.13. The van der Waals surface area contributed by atoms with Gasteiger partial charge in [-0.05, 0) is 37.3 Å². The van der Waals surface area contributed by atoms with E-state index >= 15 is 0 Å². The highest BCUT2D eigenvalue weighted by Gasteiger charge is 2.22. The smallest absolute Gasteiger partial charge is 0.251 e. The van der Waals surface area contributed by atoms with Crippen LogP contribution in [0.5, 0.6) is 5.75 Å². The molecule has 0 heterocycles. The van der Waals surface area contributed by atoms with Crippen molar-refractivity contribution in [2.75, 3.05) is 20.7 Å². The number of carbonyl (C=O) groups is 1. The van der Waals surface area contributed by atoms with Gasteiger partial charge in [0, 0.05) is 31.8 Å². The fraction of sp³-hybridized carbons (Fsp3) is 0.278. The van der Waals surface area contributed by atoms with Crippen LogP contribution in [0, 0.1) is 0 Å². The Morgan fingerprint density at radius 1 is 1.16 bits per heavy atom. The number of hydrogen-bond donors (Lipinski definition) is 1. The van der Waals surface area contributed by atoms with Crippen molar-refractivity contribution in [3.8, 4) is 5.75 Å². The van der Waals surface area contributed by atoms with Crippen LogP contribution in [0.4, 0.5) is 0 Å². The number of amides is 1. The van der Waals surface area contributed by atoms with Gasteiger partial charge in [0.2, 0.25) is 10.0 Å². The van der Waals surface area contributed by atoms with Crippen LogP contribution in [-0.2, 0) is 16.6 Å². The topological polar surface area (TPSA) is 75.7 Å². The zero-order chi connectivity index (χ0) is 18.4. The molecule has 7 heteroatoms. The molecule has 0 aliphatic heterocycles. The summed E-state index contributed by atoms with van der Waals surface area (Å²) in [5.41, 5.74) is 1.08. The molecule has 134 valence electrons. The number of nitrogens with one attached hydrogen (secondary N) is 1. The van der Waals surface area contributed by atoms with Gasteiger partial charge in [-0.3, -0.25) is 4.79 Å². The fourth-order valence-corrected chi connectivity index (χ4v) is 3.55. The minimum absolute atomic E-state index is 0.0946. The Bertz CT molecular complexity index is 835. The van der Waals surface area contributed by atoms with Gasteiger partial charge < -0.3 is 10.1 Å². The molecule has 0 aromatic heterocycles. The lowest BCUT2D eigenvalue weighted by Gasteiger charge is -2.19. The summed E-state index contributed by atoms with van der Waals surface area (Å²) in [6.45, 7) is 2.39. The minimum atomic E-state index is -3.63. The molecule has 0 radical (unpaired) electrons. The van der Waals surface area contributed by atoms with Crippen LogP contribution < -0.4 is 10.1 Å². The van der Waals surface area contributed by atoms with Gasteiger partial charge in [-0.1, -0.05) is 18.2 Å². The third-order valence-corrected chi connectivity index (χ3v) is 5.51. The number of sulfonamides is 1. The van der Waals surface area contributed by atoms with Crippen molar-refractivity contribution in [3.63, 3.8) is 0 Å². The lowest BCUT2D eigenvalue weighted by Crippen LogP contribution is -2.27. The van der Waals surface area contributed by atoms with Crippen molar-refractivity contribution in [1.82, 2.24) is 9.62 Å². The molecule has 0 atom stereocenters. The Morgan fingerprint density at radius 3 is 2.44 bits per heavy atom. The Kier molecular flexibility index (Phi) is 6.17. The number of benzene rings is 2. The molecule has 2 aromatic carbocycles. The van der Waals surface area contributed by atoms with Crippen molar-refractivity contribution in [2.45, 2.75) is 18.4 Å². The first-order chi connectivity index (χ1) is 11.9. The summed E-state index contributed by atoms with van der Waals surface area (Å²) in [6, 6.07) is 13.2.